The molecule has 0 spiro atoms. The van der Waals surface area contributed by atoms with Gasteiger partial charge in [0.15, 0.2) is 23.1 Å². The molecule has 0 amide bonds. The minimum absolute atomic E-state index is 0.00535. The number of hydrogen-bond acceptors (Lipinski definition) is 9. The number of fused-ring (bicyclic) bond motifs is 1. The lowest BCUT2D eigenvalue weighted by Crippen LogP contribution is -2.03. The highest BCUT2D eigenvalue weighted by Gasteiger charge is 2.25. The quantitative estimate of drug-likeness (QED) is 0.103. The molecule has 0 atom stereocenters. The van der Waals surface area contributed by atoms with Gasteiger partial charge in [-0.1, -0.05) is 12.1 Å². The summed E-state index contributed by atoms with van der Waals surface area (Å²) in [5.41, 5.74) is 4.78. The molecule has 5 aromatic rings. The summed E-state index contributed by atoms with van der Waals surface area (Å²) in [5.74, 6) is -0.260. The Labute approximate surface area is 271 Å². The van der Waals surface area contributed by atoms with Gasteiger partial charge in [-0.25, -0.2) is 0 Å². The molecule has 0 aliphatic heterocycles. The predicted molar refractivity (Wildman–Crippen MR) is 178 cm³/mol. The van der Waals surface area contributed by atoms with E-state index in [2.05, 4.69) is 4.98 Å². The number of carbonyl (C=O) groups is 2. The Balaban J connectivity index is 1.75. The molecule has 10 nitrogen and oxygen atoms in total. The number of methoxy groups -OCH3 is 3. The lowest BCUT2D eigenvalue weighted by atomic mass is 9.92. The summed E-state index contributed by atoms with van der Waals surface area (Å²) in [6.07, 6.45) is -0.0124. The van der Waals surface area contributed by atoms with Gasteiger partial charge in [0.25, 0.3) is 0 Å². The van der Waals surface area contributed by atoms with Gasteiger partial charge >= 0.3 is 0 Å². The number of H-pyrrole nitrogens is 1. The molecule has 47 heavy (non-hydrogen) atoms. The molecule has 0 aliphatic rings. The molecule has 0 bridgehead atoms. The highest BCUT2D eigenvalue weighted by Crippen LogP contribution is 2.44. The second-order valence-electron chi connectivity index (χ2n) is 11.6. The van der Waals surface area contributed by atoms with E-state index < -0.39 is 0 Å². The van der Waals surface area contributed by atoms with Crippen molar-refractivity contribution in [2.45, 2.75) is 40.5 Å². The first-order chi connectivity index (χ1) is 22.3. The molecule has 10 heteroatoms. The number of aromatic hydroxyl groups is 4. The predicted octanol–water partition coefficient (Wildman–Crippen LogP) is 6.89. The molecule has 0 fully saturated rings. The molecule has 5 rings (SSSR count). The third-order valence-electron chi connectivity index (χ3n) is 8.58. The Kier molecular flexibility index (Phi) is 8.80. The lowest BCUT2D eigenvalue weighted by Gasteiger charge is -2.16. The normalized spacial score (nSPS) is 11.1. The molecular formula is C37H37NO9. The van der Waals surface area contributed by atoms with Gasteiger partial charge in [-0.3, -0.25) is 9.59 Å². The zero-order valence-electron chi connectivity index (χ0n) is 27.3. The van der Waals surface area contributed by atoms with Gasteiger partial charge in [0.05, 0.1) is 32.5 Å². The summed E-state index contributed by atoms with van der Waals surface area (Å²) in [7, 11) is 4.60. The number of aromatic nitrogens is 1. The van der Waals surface area contributed by atoms with Crippen LogP contribution in [0.25, 0.3) is 22.0 Å². The van der Waals surface area contributed by atoms with Gasteiger partial charge in [0, 0.05) is 40.6 Å². The topological polar surface area (TPSA) is 159 Å². The Morgan fingerprint density at radius 1 is 0.638 bits per heavy atom. The molecule has 0 unspecified atom stereocenters. The van der Waals surface area contributed by atoms with Crippen molar-refractivity contribution >= 4 is 22.5 Å². The number of aromatic amines is 1. The fourth-order valence-electron chi connectivity index (χ4n) is 6.05. The first kappa shape index (κ1) is 32.7. The first-order valence-corrected chi connectivity index (χ1v) is 14.9. The second kappa shape index (κ2) is 12.6. The van der Waals surface area contributed by atoms with Crippen LogP contribution in [0.4, 0.5) is 0 Å². The highest BCUT2D eigenvalue weighted by molar-refractivity contribution is 5.99. The number of hydrogen-bond donors (Lipinski definition) is 5. The third-order valence-corrected chi connectivity index (χ3v) is 8.58. The van der Waals surface area contributed by atoms with Crippen molar-refractivity contribution < 1.29 is 44.2 Å². The van der Waals surface area contributed by atoms with E-state index in [9.17, 15) is 30.0 Å². The summed E-state index contributed by atoms with van der Waals surface area (Å²) in [6.45, 7) is 5.97. The number of phenols is 4. The first-order valence-electron chi connectivity index (χ1n) is 14.9. The summed E-state index contributed by atoms with van der Waals surface area (Å²) in [4.78, 5) is 28.1. The van der Waals surface area contributed by atoms with Gasteiger partial charge in [-0.15, -0.1) is 0 Å². The van der Waals surface area contributed by atoms with Crippen LogP contribution in [0.2, 0.25) is 0 Å². The number of carbonyl (C=O) groups excluding carboxylic acids is 2. The van der Waals surface area contributed by atoms with Crippen LogP contribution in [0.3, 0.4) is 0 Å². The number of benzene rings is 4. The molecule has 1 heterocycles. The van der Waals surface area contributed by atoms with Crippen LogP contribution in [0.5, 0.6) is 40.2 Å². The van der Waals surface area contributed by atoms with Crippen molar-refractivity contribution in [2.24, 2.45) is 0 Å². The van der Waals surface area contributed by atoms with Gasteiger partial charge in [0.2, 0.25) is 5.75 Å². The summed E-state index contributed by atoms with van der Waals surface area (Å²) in [6, 6.07) is 12.2. The van der Waals surface area contributed by atoms with E-state index in [1.165, 1.54) is 47.3 Å². The summed E-state index contributed by atoms with van der Waals surface area (Å²) >= 11 is 0. The zero-order valence-corrected chi connectivity index (χ0v) is 27.3. The van der Waals surface area contributed by atoms with Crippen LogP contribution >= 0.6 is 0 Å². The Hall–Kier alpha value is -5.64. The lowest BCUT2D eigenvalue weighted by molar-refractivity contribution is 0.100. The molecule has 0 saturated carbocycles. The second-order valence-corrected chi connectivity index (χ2v) is 11.6. The number of rotatable bonds is 10. The largest absolute Gasteiger partial charge is 0.507 e. The van der Waals surface area contributed by atoms with Crippen molar-refractivity contribution in [3.63, 3.8) is 0 Å². The number of phenolic OH excluding ortho intramolecular Hbond substituents is 4. The Morgan fingerprint density at radius 2 is 1.15 bits per heavy atom. The van der Waals surface area contributed by atoms with E-state index in [0.717, 1.165) is 16.5 Å². The van der Waals surface area contributed by atoms with Crippen LogP contribution in [0.1, 0.15) is 68.1 Å². The maximum Gasteiger partial charge on any atom is 0.203 e. The van der Waals surface area contributed by atoms with E-state index >= 15 is 0 Å². The van der Waals surface area contributed by atoms with Crippen LogP contribution < -0.4 is 14.2 Å². The number of nitrogens with one attached hydrogen (secondary N) is 1. The van der Waals surface area contributed by atoms with E-state index in [-0.39, 0.29) is 69.7 Å². The molecule has 4 aromatic carbocycles. The van der Waals surface area contributed by atoms with Gasteiger partial charge in [-0.05, 0) is 85.8 Å². The SMILES string of the molecule is COc1cc(-c2ccc3c(Cc4c(O)c(C)cc(C(C)=O)c4O)c(Cc4c(O)c(C)cc(C(C)=O)c4O)[nH]c3c2)cc(OC)c1OC. The number of Topliss-reactive ketones (excluding diaryl/α,β-unsaturated/α-hetero) is 2. The van der Waals surface area contributed by atoms with Gasteiger partial charge < -0.3 is 39.6 Å². The maximum absolute atomic E-state index is 12.3. The molecule has 0 saturated heterocycles. The molecule has 0 radical (unpaired) electrons. The fraction of sp³-hybridized carbons (Fsp3) is 0.243. The standard InChI is InChI=1S/C37H37NO9/c1-17-10-24(19(3)39)35(43)27(33(17)41)15-26-23-9-8-21(22-13-31(45-5)37(47-7)32(14-22)46-6)12-29(23)38-30(26)16-28-34(42)18(2)11-25(20(4)40)36(28)44/h8-14,38,41-44H,15-16H2,1-7H3. The number of ether oxygens (including phenoxy) is 3. The molecule has 0 aliphatic carbocycles. The molecular weight excluding hydrogens is 602 g/mol. The average molecular weight is 640 g/mol. The number of ketones is 2. The van der Waals surface area contributed by atoms with Crippen LogP contribution in [0, 0.1) is 13.8 Å². The Morgan fingerprint density at radius 3 is 1.62 bits per heavy atom. The minimum Gasteiger partial charge on any atom is -0.507 e. The monoisotopic (exact) mass is 639 g/mol. The van der Waals surface area contributed by atoms with Crippen LogP contribution in [0.15, 0.2) is 42.5 Å². The number of aryl methyl sites for hydroxylation is 2. The third kappa shape index (κ3) is 5.78. The highest BCUT2D eigenvalue weighted by atomic mass is 16.5. The van der Waals surface area contributed by atoms with E-state index in [0.29, 0.717) is 45.1 Å². The fourth-order valence-corrected chi connectivity index (χ4v) is 6.05. The zero-order chi connectivity index (χ0) is 34.3. The minimum atomic E-state index is -0.356. The molecule has 244 valence electrons. The smallest absolute Gasteiger partial charge is 0.203 e. The van der Waals surface area contributed by atoms with Crippen LogP contribution in [-0.4, -0.2) is 58.3 Å². The van der Waals surface area contributed by atoms with E-state index in [4.69, 9.17) is 14.2 Å². The van der Waals surface area contributed by atoms with Crippen molar-refractivity contribution in [1.29, 1.82) is 0 Å². The summed E-state index contributed by atoms with van der Waals surface area (Å²) < 4.78 is 16.6. The van der Waals surface area contributed by atoms with Crippen molar-refractivity contribution in [2.75, 3.05) is 21.3 Å². The van der Waals surface area contributed by atoms with Crippen molar-refractivity contribution in [3.8, 4) is 51.4 Å². The summed E-state index contributed by atoms with van der Waals surface area (Å²) in [5, 5.41) is 45.0. The van der Waals surface area contributed by atoms with E-state index in [1.54, 1.807) is 13.8 Å². The van der Waals surface area contributed by atoms with E-state index in [1.807, 2.05) is 30.3 Å². The van der Waals surface area contributed by atoms with Gasteiger partial charge in [0.1, 0.15) is 23.0 Å². The molecule has 5 N–H and O–H groups in total. The molecule has 1 aromatic heterocycles. The van der Waals surface area contributed by atoms with Crippen molar-refractivity contribution in [3.05, 3.63) is 87.1 Å². The van der Waals surface area contributed by atoms with Crippen molar-refractivity contribution in [1.82, 2.24) is 4.98 Å². The van der Waals surface area contributed by atoms with Crippen LogP contribution in [-0.2, 0) is 12.8 Å². The maximum atomic E-state index is 12.3. The van der Waals surface area contributed by atoms with Gasteiger partial charge in [-0.2, -0.15) is 0 Å². The average Bonchev–Trinajstić information content (AvgIpc) is 3.39. The Bertz CT molecular complexity index is 2050.